The number of hydrogen-bond donors (Lipinski definition) is 1. The largest absolute Gasteiger partial charge is 0.479 e. The van der Waals surface area contributed by atoms with Crippen LogP contribution in [0.2, 0.25) is 0 Å². The van der Waals surface area contributed by atoms with Gasteiger partial charge < -0.3 is 14.6 Å². The molecule has 0 aliphatic carbocycles. The summed E-state index contributed by atoms with van der Waals surface area (Å²) in [7, 11) is 1.46. The number of carboxylic acid groups (broad SMARTS) is 1. The van der Waals surface area contributed by atoms with E-state index in [-0.39, 0.29) is 0 Å². The zero-order chi connectivity index (χ0) is 9.78. The lowest BCUT2D eigenvalue weighted by Crippen LogP contribution is -2.48. The van der Waals surface area contributed by atoms with Crippen LogP contribution in [0, 0.1) is 0 Å². The predicted octanol–water partition coefficient (Wildman–Crippen LogP) is 0.901. The average Bonchev–Trinajstić information content (AvgIpc) is 2.03. The zero-order valence-electron chi connectivity index (χ0n) is 7.96. The van der Waals surface area contributed by atoms with Crippen LogP contribution in [-0.4, -0.2) is 36.5 Å². The third-order valence-corrected chi connectivity index (χ3v) is 2.00. The van der Waals surface area contributed by atoms with Crippen molar-refractivity contribution in [2.45, 2.75) is 32.5 Å². The first-order valence-electron chi connectivity index (χ1n) is 3.89. The van der Waals surface area contributed by atoms with Crippen molar-refractivity contribution < 1.29 is 19.4 Å². The van der Waals surface area contributed by atoms with Crippen molar-refractivity contribution in [3.8, 4) is 0 Å². The molecule has 2 unspecified atom stereocenters. The summed E-state index contributed by atoms with van der Waals surface area (Å²) in [6.45, 7) is 5.29. The van der Waals surface area contributed by atoms with Crippen LogP contribution >= 0.6 is 0 Å². The van der Waals surface area contributed by atoms with Crippen molar-refractivity contribution in [2.24, 2.45) is 0 Å². The smallest absolute Gasteiger partial charge is 0.338 e. The van der Waals surface area contributed by atoms with Crippen LogP contribution < -0.4 is 0 Å². The maximum Gasteiger partial charge on any atom is 0.338 e. The molecule has 4 heteroatoms. The van der Waals surface area contributed by atoms with E-state index in [1.165, 1.54) is 14.0 Å². The van der Waals surface area contributed by atoms with Crippen LogP contribution in [0.4, 0.5) is 0 Å². The number of carbonyl (C=O) groups is 1. The maximum atomic E-state index is 10.8. The van der Waals surface area contributed by atoms with E-state index in [9.17, 15) is 4.79 Å². The van der Waals surface area contributed by atoms with E-state index in [0.29, 0.717) is 6.61 Å². The maximum absolute atomic E-state index is 10.8. The molecule has 0 spiro atoms. The van der Waals surface area contributed by atoms with Gasteiger partial charge in [-0.25, -0.2) is 4.79 Å². The second-order valence-corrected chi connectivity index (χ2v) is 2.72. The van der Waals surface area contributed by atoms with Crippen molar-refractivity contribution >= 4 is 5.97 Å². The molecule has 0 aliphatic rings. The molecule has 0 saturated carbocycles. The summed E-state index contributed by atoms with van der Waals surface area (Å²) in [5, 5.41) is 8.86. The Morgan fingerprint density at radius 1 is 1.67 bits per heavy atom. The first kappa shape index (κ1) is 11.4. The van der Waals surface area contributed by atoms with Gasteiger partial charge in [-0.15, -0.1) is 0 Å². The van der Waals surface area contributed by atoms with Gasteiger partial charge in [0.15, 0.2) is 5.60 Å². The summed E-state index contributed by atoms with van der Waals surface area (Å²) in [5.41, 5.74) is -1.25. The highest BCUT2D eigenvalue weighted by Crippen LogP contribution is 2.18. The Labute approximate surface area is 72.5 Å². The summed E-state index contributed by atoms with van der Waals surface area (Å²) in [6.07, 6.45) is -0.463. The van der Waals surface area contributed by atoms with E-state index in [0.717, 1.165) is 0 Å². The zero-order valence-corrected chi connectivity index (χ0v) is 7.96. The van der Waals surface area contributed by atoms with E-state index < -0.39 is 17.7 Å². The molecule has 2 atom stereocenters. The molecule has 72 valence electrons. The quantitative estimate of drug-likeness (QED) is 0.676. The Balaban J connectivity index is 4.48. The molecule has 0 radical (unpaired) electrons. The monoisotopic (exact) mass is 176 g/mol. The number of ether oxygens (including phenoxy) is 2. The highest BCUT2D eigenvalue weighted by molar-refractivity contribution is 5.77. The molecule has 0 aromatic carbocycles. The number of hydrogen-bond acceptors (Lipinski definition) is 3. The molecule has 0 aliphatic heterocycles. The van der Waals surface area contributed by atoms with Crippen molar-refractivity contribution in [1.29, 1.82) is 0 Å². The van der Waals surface area contributed by atoms with Crippen LogP contribution in [0.15, 0.2) is 0 Å². The number of aliphatic carboxylic acids is 1. The van der Waals surface area contributed by atoms with Gasteiger partial charge in [0.1, 0.15) is 0 Å². The molecule has 0 rings (SSSR count). The van der Waals surface area contributed by atoms with Gasteiger partial charge in [-0.2, -0.15) is 0 Å². The van der Waals surface area contributed by atoms with E-state index >= 15 is 0 Å². The Bertz CT molecular complexity index is 157. The third kappa shape index (κ3) is 2.19. The Kier molecular flexibility index (Phi) is 4.20. The molecule has 0 amide bonds. The summed E-state index contributed by atoms with van der Waals surface area (Å²) in [4.78, 5) is 10.8. The molecule has 0 fully saturated rings. The summed E-state index contributed by atoms with van der Waals surface area (Å²) in [6, 6.07) is 0. The fourth-order valence-corrected chi connectivity index (χ4v) is 0.878. The normalized spacial score (nSPS) is 18.3. The predicted molar refractivity (Wildman–Crippen MR) is 44.1 cm³/mol. The molecular formula is C8H16O4. The van der Waals surface area contributed by atoms with Crippen LogP contribution in [-0.2, 0) is 14.3 Å². The lowest BCUT2D eigenvalue weighted by Gasteiger charge is -2.29. The van der Waals surface area contributed by atoms with Gasteiger partial charge in [0.2, 0.25) is 0 Å². The standard InChI is InChI=1S/C8H16O4/c1-5-12-8(3,7(9)10)6(2)11-4/h6H,5H2,1-4H3,(H,9,10). The minimum Gasteiger partial charge on any atom is -0.479 e. The van der Waals surface area contributed by atoms with E-state index in [2.05, 4.69) is 0 Å². The molecule has 12 heavy (non-hydrogen) atoms. The van der Waals surface area contributed by atoms with E-state index in [4.69, 9.17) is 14.6 Å². The molecule has 0 heterocycles. The van der Waals surface area contributed by atoms with Crippen LogP contribution in [0.1, 0.15) is 20.8 Å². The topological polar surface area (TPSA) is 55.8 Å². The first-order chi connectivity index (χ1) is 5.49. The highest BCUT2D eigenvalue weighted by Gasteiger charge is 2.40. The molecule has 0 bridgehead atoms. The SMILES string of the molecule is CCOC(C)(C(=O)O)C(C)OC. The first-order valence-corrected chi connectivity index (χ1v) is 3.89. The highest BCUT2D eigenvalue weighted by atomic mass is 16.6. The van der Waals surface area contributed by atoms with Gasteiger partial charge in [0, 0.05) is 13.7 Å². The van der Waals surface area contributed by atoms with Crippen molar-refractivity contribution in [1.82, 2.24) is 0 Å². The van der Waals surface area contributed by atoms with E-state index in [1.807, 2.05) is 0 Å². The Morgan fingerprint density at radius 3 is 2.42 bits per heavy atom. The van der Waals surface area contributed by atoms with Crippen LogP contribution in [0.5, 0.6) is 0 Å². The van der Waals surface area contributed by atoms with Gasteiger partial charge >= 0.3 is 5.97 Å². The minimum absolute atomic E-state index is 0.358. The molecule has 0 aromatic rings. The molecule has 4 nitrogen and oxygen atoms in total. The van der Waals surface area contributed by atoms with E-state index in [1.54, 1.807) is 13.8 Å². The molecule has 0 aromatic heterocycles. The number of methoxy groups -OCH3 is 1. The number of rotatable bonds is 5. The van der Waals surface area contributed by atoms with Gasteiger partial charge in [0.05, 0.1) is 6.10 Å². The second kappa shape index (κ2) is 4.42. The fraction of sp³-hybridized carbons (Fsp3) is 0.875. The van der Waals surface area contributed by atoms with Crippen LogP contribution in [0.3, 0.4) is 0 Å². The lowest BCUT2D eigenvalue weighted by atomic mass is 10.0. The molecular weight excluding hydrogens is 160 g/mol. The lowest BCUT2D eigenvalue weighted by molar-refractivity contribution is -0.179. The summed E-state index contributed by atoms with van der Waals surface area (Å²) < 4.78 is 10.0. The van der Waals surface area contributed by atoms with Gasteiger partial charge in [-0.3, -0.25) is 0 Å². The fourth-order valence-electron chi connectivity index (χ4n) is 0.878. The molecule has 1 N–H and O–H groups in total. The molecule has 0 saturated heterocycles. The minimum atomic E-state index is -1.25. The van der Waals surface area contributed by atoms with Gasteiger partial charge in [-0.1, -0.05) is 0 Å². The van der Waals surface area contributed by atoms with Gasteiger partial charge in [-0.05, 0) is 20.8 Å². The van der Waals surface area contributed by atoms with Crippen LogP contribution in [0.25, 0.3) is 0 Å². The summed E-state index contributed by atoms with van der Waals surface area (Å²) in [5.74, 6) is -1.00. The van der Waals surface area contributed by atoms with Gasteiger partial charge in [0.25, 0.3) is 0 Å². The van der Waals surface area contributed by atoms with Crippen molar-refractivity contribution in [2.75, 3.05) is 13.7 Å². The second-order valence-electron chi connectivity index (χ2n) is 2.72. The third-order valence-electron chi connectivity index (χ3n) is 2.00. The average molecular weight is 176 g/mol. The number of carboxylic acids is 1. The van der Waals surface area contributed by atoms with Crippen molar-refractivity contribution in [3.63, 3.8) is 0 Å². The summed E-state index contributed by atoms with van der Waals surface area (Å²) >= 11 is 0. The Morgan fingerprint density at radius 2 is 2.17 bits per heavy atom. The van der Waals surface area contributed by atoms with Crippen molar-refractivity contribution in [3.05, 3.63) is 0 Å². The Hall–Kier alpha value is -0.610.